The molecule has 0 atom stereocenters. The third-order valence-corrected chi connectivity index (χ3v) is 6.07. The highest BCUT2D eigenvalue weighted by Gasteiger charge is 2.30. The van der Waals surface area contributed by atoms with Crippen molar-refractivity contribution >= 4 is 40.5 Å². The number of nitrogens with zero attached hydrogens (tertiary/aromatic N) is 2. The molecule has 7 heteroatoms. The molecule has 0 bridgehead atoms. The van der Waals surface area contributed by atoms with Gasteiger partial charge in [-0.05, 0) is 55.5 Å². The summed E-state index contributed by atoms with van der Waals surface area (Å²) in [4.78, 5) is 29.4. The fraction of sp³-hybridized carbons (Fsp3) is 0.348. The summed E-state index contributed by atoms with van der Waals surface area (Å²) in [5.41, 5.74) is 3.32. The Balaban J connectivity index is 1.68. The number of amides is 1. The van der Waals surface area contributed by atoms with Gasteiger partial charge in [-0.3, -0.25) is 14.9 Å². The molecule has 1 heterocycles. The monoisotopic (exact) mass is 425 g/mol. The molecule has 0 unspecified atom stereocenters. The molecule has 0 saturated heterocycles. The third-order valence-electron chi connectivity index (χ3n) is 5.77. The molecule has 1 N–H and O–H groups in total. The maximum Gasteiger partial charge on any atom is 0.308 e. The van der Waals surface area contributed by atoms with Gasteiger partial charge in [0.2, 0.25) is 5.95 Å². The molecule has 0 spiro atoms. The van der Waals surface area contributed by atoms with Crippen LogP contribution < -0.4 is 5.32 Å². The molecule has 1 saturated carbocycles. The van der Waals surface area contributed by atoms with Gasteiger partial charge in [0.1, 0.15) is 0 Å². The largest absolute Gasteiger partial charge is 0.469 e. The molecule has 1 aliphatic rings. The van der Waals surface area contributed by atoms with E-state index >= 15 is 0 Å². The van der Waals surface area contributed by atoms with Crippen LogP contribution in [0.5, 0.6) is 0 Å². The lowest BCUT2D eigenvalue weighted by Gasteiger charge is -2.29. The number of esters is 1. The van der Waals surface area contributed by atoms with Crippen molar-refractivity contribution in [2.75, 3.05) is 12.4 Å². The minimum atomic E-state index is -0.201. The number of hydrogen-bond donors (Lipinski definition) is 1. The number of methoxy groups -OCH3 is 1. The number of fused-ring (bicyclic) bond motifs is 1. The summed E-state index contributed by atoms with van der Waals surface area (Å²) in [5.74, 6) is 0.509. The molecule has 0 radical (unpaired) electrons. The molecule has 1 aromatic heterocycles. The van der Waals surface area contributed by atoms with Crippen molar-refractivity contribution in [2.24, 2.45) is 5.92 Å². The van der Waals surface area contributed by atoms with Crippen molar-refractivity contribution < 1.29 is 14.3 Å². The summed E-state index contributed by atoms with van der Waals surface area (Å²) in [6.45, 7) is 0. The zero-order chi connectivity index (χ0) is 21.1. The molecule has 30 heavy (non-hydrogen) atoms. The van der Waals surface area contributed by atoms with Gasteiger partial charge in [-0.15, -0.1) is 11.6 Å². The maximum absolute atomic E-state index is 12.8. The number of aromatic nitrogens is 2. The van der Waals surface area contributed by atoms with Gasteiger partial charge in [-0.1, -0.05) is 24.3 Å². The first-order chi connectivity index (χ1) is 14.6. The predicted molar refractivity (Wildman–Crippen MR) is 117 cm³/mol. The Labute approximate surface area is 180 Å². The van der Waals surface area contributed by atoms with Gasteiger partial charge >= 0.3 is 5.97 Å². The number of benzene rings is 2. The minimum absolute atomic E-state index is 0.0678. The minimum Gasteiger partial charge on any atom is -0.469 e. The van der Waals surface area contributed by atoms with E-state index in [2.05, 4.69) is 9.88 Å². The van der Waals surface area contributed by atoms with Gasteiger partial charge in [0.05, 0.1) is 24.1 Å². The number of carbonyl (C=O) groups excluding carboxylic acids is 2. The highest BCUT2D eigenvalue weighted by Crippen LogP contribution is 2.37. The number of nitrogens with one attached hydrogen (secondary N) is 1. The SMILES string of the molecule is COC(=O)C1CCC(n2c(NC(=O)c3ccccc3)nc3ccc(CCl)cc32)CC1. The fourth-order valence-electron chi connectivity index (χ4n) is 4.18. The Morgan fingerprint density at radius 2 is 1.87 bits per heavy atom. The van der Waals surface area contributed by atoms with Crippen LogP contribution >= 0.6 is 11.6 Å². The van der Waals surface area contributed by atoms with E-state index in [4.69, 9.17) is 21.3 Å². The van der Waals surface area contributed by atoms with E-state index in [9.17, 15) is 9.59 Å². The van der Waals surface area contributed by atoms with Crippen molar-refractivity contribution in [3.63, 3.8) is 0 Å². The number of carbonyl (C=O) groups is 2. The molecule has 6 nitrogen and oxygen atoms in total. The Bertz CT molecular complexity index is 1060. The average molecular weight is 426 g/mol. The number of halogens is 1. The summed E-state index contributed by atoms with van der Waals surface area (Å²) in [6, 6.07) is 15.1. The van der Waals surface area contributed by atoms with Gasteiger partial charge in [0, 0.05) is 17.5 Å². The Morgan fingerprint density at radius 1 is 1.13 bits per heavy atom. The molecule has 0 aliphatic heterocycles. The summed E-state index contributed by atoms with van der Waals surface area (Å²) >= 11 is 6.06. The average Bonchev–Trinajstić information content (AvgIpc) is 3.15. The van der Waals surface area contributed by atoms with E-state index in [1.54, 1.807) is 12.1 Å². The van der Waals surface area contributed by atoms with Gasteiger partial charge in [0.15, 0.2) is 0 Å². The van der Waals surface area contributed by atoms with Gasteiger partial charge < -0.3 is 9.30 Å². The van der Waals surface area contributed by atoms with Crippen LogP contribution in [0.4, 0.5) is 5.95 Å². The molecule has 3 aromatic rings. The third kappa shape index (κ3) is 4.05. The highest BCUT2D eigenvalue weighted by atomic mass is 35.5. The number of ether oxygens (including phenoxy) is 1. The predicted octanol–water partition coefficient (Wildman–Crippen LogP) is 4.93. The van der Waals surface area contributed by atoms with Crippen molar-refractivity contribution in [2.45, 2.75) is 37.6 Å². The van der Waals surface area contributed by atoms with Crippen molar-refractivity contribution in [3.05, 3.63) is 59.7 Å². The van der Waals surface area contributed by atoms with E-state index in [-0.39, 0.29) is 23.8 Å². The van der Waals surface area contributed by atoms with Crippen LogP contribution in [0.1, 0.15) is 47.6 Å². The lowest BCUT2D eigenvalue weighted by molar-refractivity contribution is -0.146. The highest BCUT2D eigenvalue weighted by molar-refractivity contribution is 6.17. The van der Waals surface area contributed by atoms with Gasteiger partial charge in [-0.2, -0.15) is 0 Å². The maximum atomic E-state index is 12.8. The van der Waals surface area contributed by atoms with Gasteiger partial charge in [0.25, 0.3) is 5.91 Å². The molecular formula is C23H24ClN3O3. The molecule has 1 fully saturated rings. The molecule has 1 amide bonds. The van der Waals surface area contributed by atoms with E-state index in [0.717, 1.165) is 42.3 Å². The second-order valence-corrected chi connectivity index (χ2v) is 7.88. The molecule has 156 valence electrons. The molecule has 1 aliphatic carbocycles. The summed E-state index contributed by atoms with van der Waals surface area (Å²) in [7, 11) is 1.43. The van der Waals surface area contributed by atoms with E-state index < -0.39 is 0 Å². The van der Waals surface area contributed by atoms with Crippen LogP contribution in [0, 0.1) is 5.92 Å². The Morgan fingerprint density at radius 3 is 2.53 bits per heavy atom. The first kappa shape index (κ1) is 20.4. The van der Waals surface area contributed by atoms with Crippen molar-refractivity contribution in [3.8, 4) is 0 Å². The lowest BCUT2D eigenvalue weighted by atomic mass is 9.86. The van der Waals surface area contributed by atoms with Crippen LogP contribution in [0.25, 0.3) is 11.0 Å². The van der Waals surface area contributed by atoms with Crippen LogP contribution in [-0.4, -0.2) is 28.5 Å². The number of alkyl halides is 1. The molecular weight excluding hydrogens is 402 g/mol. The van der Waals surface area contributed by atoms with Crippen LogP contribution in [-0.2, 0) is 15.4 Å². The summed E-state index contributed by atoms with van der Waals surface area (Å²) in [6.07, 6.45) is 3.12. The van der Waals surface area contributed by atoms with E-state index in [1.165, 1.54) is 7.11 Å². The summed E-state index contributed by atoms with van der Waals surface area (Å²) in [5, 5.41) is 2.98. The van der Waals surface area contributed by atoms with Crippen molar-refractivity contribution in [1.29, 1.82) is 0 Å². The number of anilines is 1. The fourth-order valence-corrected chi connectivity index (χ4v) is 4.35. The number of hydrogen-bond acceptors (Lipinski definition) is 4. The molecule has 2 aromatic carbocycles. The first-order valence-corrected chi connectivity index (χ1v) is 10.6. The first-order valence-electron chi connectivity index (χ1n) is 10.1. The van der Waals surface area contributed by atoms with Gasteiger partial charge in [-0.25, -0.2) is 4.98 Å². The second kappa shape index (κ2) is 8.88. The number of rotatable bonds is 5. The van der Waals surface area contributed by atoms with E-state index in [1.807, 2.05) is 36.4 Å². The summed E-state index contributed by atoms with van der Waals surface area (Å²) < 4.78 is 7.01. The zero-order valence-corrected chi connectivity index (χ0v) is 17.6. The quantitative estimate of drug-likeness (QED) is 0.464. The normalized spacial score (nSPS) is 18.9. The zero-order valence-electron chi connectivity index (χ0n) is 16.8. The second-order valence-electron chi connectivity index (χ2n) is 7.61. The van der Waals surface area contributed by atoms with E-state index in [0.29, 0.717) is 17.4 Å². The topological polar surface area (TPSA) is 73.2 Å². The lowest BCUT2D eigenvalue weighted by Crippen LogP contribution is -2.26. The Hall–Kier alpha value is -2.86. The molecule has 4 rings (SSSR count). The van der Waals surface area contributed by atoms with Crippen LogP contribution in [0.15, 0.2) is 48.5 Å². The van der Waals surface area contributed by atoms with Crippen LogP contribution in [0.3, 0.4) is 0 Å². The Kier molecular flexibility index (Phi) is 6.04. The standard InChI is InChI=1S/C23H24ClN3O3/c1-30-22(29)17-8-10-18(11-9-17)27-20-13-15(14-24)7-12-19(20)25-23(27)26-21(28)16-5-3-2-4-6-16/h2-7,12-13,17-18H,8-11,14H2,1H3,(H,25,26,28). The smallest absolute Gasteiger partial charge is 0.308 e. The van der Waals surface area contributed by atoms with Crippen LogP contribution in [0.2, 0.25) is 0 Å². The van der Waals surface area contributed by atoms with Crippen molar-refractivity contribution in [1.82, 2.24) is 9.55 Å². The number of imidazole rings is 1.